The minimum atomic E-state index is -3.87. The fourth-order valence-corrected chi connectivity index (χ4v) is 9.05. The van der Waals surface area contributed by atoms with Gasteiger partial charge in [0.05, 0.1) is 10.9 Å². The summed E-state index contributed by atoms with van der Waals surface area (Å²) in [6.07, 6.45) is 5.49. The molecule has 2 unspecified atom stereocenters. The first kappa shape index (κ1) is 26.1. The predicted molar refractivity (Wildman–Crippen MR) is 143 cm³/mol. The van der Waals surface area contributed by atoms with E-state index < -0.39 is 16.1 Å². The third kappa shape index (κ3) is 5.81. The van der Waals surface area contributed by atoms with Crippen LogP contribution in [0.3, 0.4) is 0 Å². The summed E-state index contributed by atoms with van der Waals surface area (Å²) in [5.41, 5.74) is 0. The van der Waals surface area contributed by atoms with E-state index >= 15 is 0 Å². The smallest absolute Gasteiger partial charge is 0.250 e. The molecule has 1 N–H and O–H groups in total. The van der Waals surface area contributed by atoms with Crippen molar-refractivity contribution in [1.29, 1.82) is 0 Å². The molecule has 0 aromatic carbocycles. The van der Waals surface area contributed by atoms with E-state index in [-0.39, 0.29) is 28.6 Å². The molecule has 8 nitrogen and oxygen atoms in total. The first-order chi connectivity index (χ1) is 17.3. The van der Waals surface area contributed by atoms with Gasteiger partial charge in [-0.15, -0.1) is 22.7 Å². The molecule has 3 aliphatic rings. The Morgan fingerprint density at radius 2 is 1.69 bits per heavy atom. The maximum atomic E-state index is 13.2. The monoisotopic (exact) mass is 570 g/mol. The number of carbonyl (C=O) groups is 2. The van der Waals surface area contributed by atoms with Gasteiger partial charge in [-0.25, -0.2) is 8.42 Å². The van der Waals surface area contributed by atoms with Crippen molar-refractivity contribution in [2.24, 2.45) is 0 Å². The molecule has 196 valence electrons. The number of amides is 2. The minimum Gasteiger partial charge on any atom is -0.337 e. The number of halogens is 1. The summed E-state index contributed by atoms with van der Waals surface area (Å²) in [5, 5.41) is 0. The molecule has 3 aliphatic heterocycles. The lowest BCUT2D eigenvalue weighted by molar-refractivity contribution is -0.143. The van der Waals surface area contributed by atoms with Gasteiger partial charge in [0.2, 0.25) is 11.8 Å². The normalized spacial score (nSPS) is 23.6. The third-order valence-electron chi connectivity index (χ3n) is 7.18. The summed E-state index contributed by atoms with van der Waals surface area (Å²) >= 11 is 8.55. The van der Waals surface area contributed by atoms with Crippen molar-refractivity contribution in [2.75, 3.05) is 39.3 Å². The van der Waals surface area contributed by atoms with E-state index in [1.165, 1.54) is 29.1 Å². The summed E-state index contributed by atoms with van der Waals surface area (Å²) in [6.45, 7) is 4.30. The van der Waals surface area contributed by atoms with Crippen LogP contribution >= 0.6 is 34.3 Å². The summed E-state index contributed by atoms with van der Waals surface area (Å²) in [4.78, 5) is 33.9. The van der Waals surface area contributed by atoms with Crippen LogP contribution in [0.2, 0.25) is 4.34 Å². The van der Waals surface area contributed by atoms with Crippen molar-refractivity contribution in [1.82, 2.24) is 19.4 Å². The van der Waals surface area contributed by atoms with Crippen LogP contribution in [0, 0.1) is 0 Å². The van der Waals surface area contributed by atoms with Crippen molar-refractivity contribution in [3.05, 3.63) is 28.6 Å². The molecule has 2 aromatic rings. The van der Waals surface area contributed by atoms with E-state index in [9.17, 15) is 18.0 Å². The van der Waals surface area contributed by atoms with Gasteiger partial charge >= 0.3 is 0 Å². The molecule has 2 aromatic heterocycles. The zero-order chi connectivity index (χ0) is 25.3. The van der Waals surface area contributed by atoms with E-state index in [1.54, 1.807) is 18.2 Å². The van der Waals surface area contributed by atoms with Crippen LogP contribution in [0.5, 0.6) is 0 Å². The van der Waals surface area contributed by atoms with Gasteiger partial charge in [-0.3, -0.25) is 9.59 Å². The number of hydrogen-bond donors (Lipinski definition) is 1. The van der Waals surface area contributed by atoms with Gasteiger partial charge in [-0.2, -0.15) is 4.72 Å². The van der Waals surface area contributed by atoms with E-state index in [1.807, 2.05) is 11.0 Å². The van der Waals surface area contributed by atoms with Gasteiger partial charge in [-0.1, -0.05) is 11.6 Å². The van der Waals surface area contributed by atoms with Gasteiger partial charge in [0.15, 0.2) is 0 Å². The molecule has 36 heavy (non-hydrogen) atoms. The zero-order valence-corrected chi connectivity index (χ0v) is 23.2. The molecule has 0 spiro atoms. The topological polar surface area (TPSA) is 90.0 Å². The first-order valence-electron chi connectivity index (χ1n) is 12.5. The summed E-state index contributed by atoms with van der Waals surface area (Å²) in [5.74, 6) is -0.360. The largest absolute Gasteiger partial charge is 0.337 e. The molecule has 0 radical (unpaired) electrons. The van der Waals surface area contributed by atoms with Gasteiger partial charge < -0.3 is 14.7 Å². The molecule has 0 saturated carbocycles. The van der Waals surface area contributed by atoms with Crippen LogP contribution in [0.1, 0.15) is 38.5 Å². The number of sulfonamides is 1. The number of carbonyl (C=O) groups excluding carboxylic acids is 2. The molecular formula is C24H31ClN4O4S3. The Morgan fingerprint density at radius 1 is 0.972 bits per heavy atom. The maximum Gasteiger partial charge on any atom is 0.250 e. The fraction of sp³-hybridized carbons (Fsp3) is 0.583. The summed E-state index contributed by atoms with van der Waals surface area (Å²) in [6, 6.07) is 6.29. The number of hydrogen-bond acceptors (Lipinski definition) is 7. The highest BCUT2D eigenvalue weighted by atomic mass is 35.5. The van der Waals surface area contributed by atoms with Gasteiger partial charge in [0.25, 0.3) is 10.0 Å². The lowest BCUT2D eigenvalue weighted by Crippen LogP contribution is -2.55. The standard InChI is InChI=1S/C24H31ClN4O4S3/c25-21-9-7-19(34-21)20-8-10-23(35-20)36(32,33)26-18-6-4-13-28(24(18)31)16-22(30)29-14-3-5-17(29)15-27-11-1-2-12-27/h7-10,17-18,26H,1-6,11-16H2. The van der Waals surface area contributed by atoms with Crippen molar-refractivity contribution in [3.63, 3.8) is 0 Å². The van der Waals surface area contributed by atoms with Crippen LogP contribution < -0.4 is 4.72 Å². The Balaban J connectivity index is 1.20. The van der Waals surface area contributed by atoms with Crippen molar-refractivity contribution >= 4 is 56.1 Å². The second-order valence-electron chi connectivity index (χ2n) is 9.69. The van der Waals surface area contributed by atoms with Crippen molar-refractivity contribution in [2.45, 2.75) is 54.8 Å². The van der Waals surface area contributed by atoms with Crippen molar-refractivity contribution in [3.8, 4) is 9.75 Å². The average Bonchev–Trinajstić information content (AvgIpc) is 3.64. The van der Waals surface area contributed by atoms with E-state index in [2.05, 4.69) is 9.62 Å². The number of nitrogens with one attached hydrogen (secondary N) is 1. The fourth-order valence-electron chi connectivity index (χ4n) is 5.37. The predicted octanol–water partition coefficient (Wildman–Crippen LogP) is 3.49. The van der Waals surface area contributed by atoms with Crippen LogP contribution in [0.4, 0.5) is 0 Å². The quantitative estimate of drug-likeness (QED) is 0.525. The molecule has 5 heterocycles. The summed E-state index contributed by atoms with van der Waals surface area (Å²) in [7, 11) is -3.87. The highest BCUT2D eigenvalue weighted by Crippen LogP contribution is 2.37. The number of nitrogens with zero attached hydrogens (tertiary/aromatic N) is 3. The molecule has 12 heteroatoms. The van der Waals surface area contributed by atoms with Gasteiger partial charge in [0.1, 0.15) is 10.3 Å². The van der Waals surface area contributed by atoms with E-state index in [0.717, 1.165) is 60.1 Å². The van der Waals surface area contributed by atoms with Crippen LogP contribution in [0.25, 0.3) is 9.75 Å². The Hall–Kier alpha value is -1.50. The van der Waals surface area contributed by atoms with E-state index in [4.69, 9.17) is 11.6 Å². The maximum absolute atomic E-state index is 13.2. The lowest BCUT2D eigenvalue weighted by atomic mass is 10.1. The van der Waals surface area contributed by atoms with Crippen LogP contribution in [0.15, 0.2) is 28.5 Å². The Bertz CT molecular complexity index is 1210. The molecule has 3 saturated heterocycles. The van der Waals surface area contributed by atoms with E-state index in [0.29, 0.717) is 23.7 Å². The highest BCUT2D eigenvalue weighted by Gasteiger charge is 2.36. The average molecular weight is 571 g/mol. The van der Waals surface area contributed by atoms with Crippen LogP contribution in [-0.2, 0) is 19.6 Å². The number of likely N-dealkylation sites (tertiary alicyclic amines) is 3. The Labute approximate surface area is 225 Å². The molecule has 0 aliphatic carbocycles. The Morgan fingerprint density at radius 3 is 2.44 bits per heavy atom. The van der Waals surface area contributed by atoms with Gasteiger partial charge in [-0.05, 0) is 75.9 Å². The number of rotatable bonds is 8. The van der Waals surface area contributed by atoms with Crippen molar-refractivity contribution < 1.29 is 18.0 Å². The number of thiophene rings is 2. The summed E-state index contributed by atoms with van der Waals surface area (Å²) < 4.78 is 29.5. The molecule has 5 rings (SSSR count). The third-order valence-corrected chi connectivity index (χ3v) is 11.7. The minimum absolute atomic E-state index is 0.00977. The SMILES string of the molecule is O=C1C(NS(=O)(=O)c2ccc(-c3ccc(Cl)s3)s2)CCCN1CC(=O)N1CCCC1CN1CCCC1. The lowest BCUT2D eigenvalue weighted by Gasteiger charge is -2.34. The molecule has 0 bridgehead atoms. The number of piperidine rings is 1. The molecule has 2 amide bonds. The first-order valence-corrected chi connectivity index (χ1v) is 16.0. The molecule has 3 fully saturated rings. The second kappa shape index (κ2) is 11.1. The molecular weight excluding hydrogens is 540 g/mol. The van der Waals surface area contributed by atoms with Crippen LogP contribution in [-0.4, -0.2) is 86.3 Å². The molecule has 2 atom stereocenters. The zero-order valence-electron chi connectivity index (χ0n) is 20.0. The Kier molecular flexibility index (Phi) is 8.04. The second-order valence-corrected chi connectivity index (χ2v) is 14.4. The van der Waals surface area contributed by atoms with Gasteiger partial charge in [0, 0.05) is 35.4 Å². The highest BCUT2D eigenvalue weighted by molar-refractivity contribution is 7.91.